The Balaban J connectivity index is 1.32. The van der Waals surface area contributed by atoms with Gasteiger partial charge in [-0.25, -0.2) is 4.79 Å². The lowest BCUT2D eigenvalue weighted by atomic mass is 9.96. The van der Waals surface area contributed by atoms with Crippen LogP contribution in [-0.4, -0.2) is 39.5 Å². The molecule has 0 saturated carbocycles. The van der Waals surface area contributed by atoms with Gasteiger partial charge in [-0.2, -0.15) is 0 Å². The second kappa shape index (κ2) is 10.8. The van der Waals surface area contributed by atoms with Crippen LogP contribution in [0.15, 0.2) is 34.1 Å². The second-order valence-corrected chi connectivity index (χ2v) is 11.9. The number of rotatable bonds is 7. The highest BCUT2D eigenvalue weighted by Crippen LogP contribution is 2.39. The van der Waals surface area contributed by atoms with E-state index in [2.05, 4.69) is 20.9 Å². The topological polar surface area (TPSA) is 86.1 Å². The zero-order valence-corrected chi connectivity index (χ0v) is 23.7. The predicted molar refractivity (Wildman–Crippen MR) is 151 cm³/mol. The molecule has 0 bridgehead atoms. The number of esters is 1. The number of thioether (sulfide) groups is 1. The number of carbonyl (C=O) groups is 2. The summed E-state index contributed by atoms with van der Waals surface area (Å²) in [6, 6.07) is 6.11. The number of thiophene rings is 2. The van der Waals surface area contributed by atoms with Gasteiger partial charge in [-0.1, -0.05) is 35.5 Å². The van der Waals surface area contributed by atoms with Gasteiger partial charge in [-0.15, -0.1) is 32.9 Å². The molecule has 1 aliphatic carbocycles. The van der Waals surface area contributed by atoms with Gasteiger partial charge in [0, 0.05) is 33.8 Å². The van der Waals surface area contributed by atoms with Crippen LogP contribution in [0.4, 0.5) is 5.00 Å². The highest BCUT2D eigenvalue weighted by atomic mass is 32.2. The van der Waals surface area contributed by atoms with Crippen LogP contribution in [0.25, 0.3) is 22.5 Å². The van der Waals surface area contributed by atoms with Gasteiger partial charge in [-0.05, 0) is 56.2 Å². The minimum Gasteiger partial charge on any atom is -0.465 e. The SMILES string of the molecule is COC(=O)c1c(-c2cc(C)ccc2C)csc1NC(=O)CSc1nnc(-c2csc3c2CCCC3)n1C. The van der Waals surface area contributed by atoms with E-state index in [4.69, 9.17) is 4.74 Å². The summed E-state index contributed by atoms with van der Waals surface area (Å²) in [5.41, 5.74) is 6.79. The number of anilines is 1. The molecule has 10 heteroatoms. The van der Waals surface area contributed by atoms with Crippen molar-refractivity contribution in [2.45, 2.75) is 44.7 Å². The van der Waals surface area contributed by atoms with E-state index in [9.17, 15) is 9.59 Å². The van der Waals surface area contributed by atoms with Crippen molar-refractivity contribution in [2.24, 2.45) is 7.05 Å². The van der Waals surface area contributed by atoms with Gasteiger partial charge in [0.25, 0.3) is 0 Å². The Kier molecular flexibility index (Phi) is 7.50. The minimum atomic E-state index is -0.475. The standard InChI is InChI=1S/C27H28N4O3S3/c1-15-9-10-16(2)18(11-15)19-12-36-25(23(19)26(33)34-4)28-22(32)14-37-27-30-29-24(31(27)3)20-13-35-21-8-6-5-7-17(20)21/h9-13H,5-8,14H2,1-4H3,(H,28,32). The van der Waals surface area contributed by atoms with Crippen LogP contribution >= 0.6 is 34.4 Å². The third-order valence-electron chi connectivity index (χ3n) is 6.59. The second-order valence-electron chi connectivity index (χ2n) is 9.12. The van der Waals surface area contributed by atoms with Gasteiger partial charge in [0.1, 0.15) is 10.6 Å². The van der Waals surface area contributed by atoms with Gasteiger partial charge in [0.2, 0.25) is 5.91 Å². The zero-order valence-electron chi connectivity index (χ0n) is 21.2. The highest BCUT2D eigenvalue weighted by molar-refractivity contribution is 7.99. The summed E-state index contributed by atoms with van der Waals surface area (Å²) in [4.78, 5) is 27.1. The number of amides is 1. The van der Waals surface area contributed by atoms with Gasteiger partial charge < -0.3 is 14.6 Å². The van der Waals surface area contributed by atoms with Gasteiger partial charge >= 0.3 is 5.97 Å². The zero-order chi connectivity index (χ0) is 26.1. The maximum atomic E-state index is 12.9. The first kappa shape index (κ1) is 25.7. The molecular weight excluding hydrogens is 525 g/mol. The molecule has 37 heavy (non-hydrogen) atoms. The molecule has 7 nitrogen and oxygen atoms in total. The van der Waals surface area contributed by atoms with Gasteiger partial charge in [0.15, 0.2) is 11.0 Å². The van der Waals surface area contributed by atoms with Gasteiger partial charge in [0.05, 0.1) is 12.9 Å². The summed E-state index contributed by atoms with van der Waals surface area (Å²) >= 11 is 4.45. The van der Waals surface area contributed by atoms with Crippen molar-refractivity contribution >= 4 is 51.3 Å². The summed E-state index contributed by atoms with van der Waals surface area (Å²) in [7, 11) is 3.29. The maximum absolute atomic E-state index is 12.9. The third-order valence-corrected chi connectivity index (χ3v) is 9.59. The molecule has 3 aromatic heterocycles. The van der Waals surface area contributed by atoms with Crippen LogP contribution in [0.3, 0.4) is 0 Å². The van der Waals surface area contributed by atoms with E-state index in [1.165, 1.54) is 53.5 Å². The van der Waals surface area contributed by atoms with Crippen molar-refractivity contribution in [3.63, 3.8) is 0 Å². The number of aromatic nitrogens is 3. The molecule has 4 aromatic rings. The fourth-order valence-corrected chi connectivity index (χ4v) is 7.43. The number of hydrogen-bond acceptors (Lipinski definition) is 8. The van der Waals surface area contributed by atoms with Crippen LogP contribution in [0.5, 0.6) is 0 Å². The third kappa shape index (κ3) is 5.10. The van der Waals surface area contributed by atoms with E-state index >= 15 is 0 Å². The Morgan fingerprint density at radius 2 is 1.86 bits per heavy atom. The number of ether oxygens (including phenoxy) is 1. The number of methoxy groups -OCH3 is 1. The molecule has 0 spiro atoms. The van der Waals surface area contributed by atoms with Crippen LogP contribution in [-0.2, 0) is 29.4 Å². The largest absolute Gasteiger partial charge is 0.465 e. The lowest BCUT2D eigenvalue weighted by Gasteiger charge is -2.12. The van der Waals surface area contributed by atoms with Crippen molar-refractivity contribution in [3.05, 3.63) is 56.1 Å². The number of aryl methyl sites for hydroxylation is 3. The Morgan fingerprint density at radius 1 is 1.08 bits per heavy atom. The monoisotopic (exact) mass is 552 g/mol. The molecule has 1 N–H and O–H groups in total. The predicted octanol–water partition coefficient (Wildman–Crippen LogP) is 6.29. The normalized spacial score (nSPS) is 12.9. The molecule has 5 rings (SSSR count). The number of benzene rings is 1. The van der Waals surface area contributed by atoms with E-state index in [1.807, 2.05) is 49.0 Å². The summed E-state index contributed by atoms with van der Waals surface area (Å²) in [5.74, 6) is 0.288. The quantitative estimate of drug-likeness (QED) is 0.214. The molecule has 1 amide bonds. The summed E-state index contributed by atoms with van der Waals surface area (Å²) in [6.45, 7) is 4.02. The van der Waals surface area contributed by atoms with Crippen molar-refractivity contribution < 1.29 is 14.3 Å². The van der Waals surface area contributed by atoms with E-state index in [0.717, 1.165) is 46.5 Å². The van der Waals surface area contributed by atoms with Crippen molar-refractivity contribution in [1.82, 2.24) is 14.8 Å². The summed E-state index contributed by atoms with van der Waals surface area (Å²) < 4.78 is 7.02. The first-order valence-corrected chi connectivity index (χ1v) is 14.8. The lowest BCUT2D eigenvalue weighted by molar-refractivity contribution is -0.113. The lowest BCUT2D eigenvalue weighted by Crippen LogP contribution is -2.16. The average molecular weight is 553 g/mol. The molecule has 3 heterocycles. The fourth-order valence-electron chi connectivity index (χ4n) is 4.63. The number of fused-ring (bicyclic) bond motifs is 1. The molecule has 0 aliphatic heterocycles. The van der Waals surface area contributed by atoms with Crippen LogP contribution in [0, 0.1) is 13.8 Å². The first-order chi connectivity index (χ1) is 17.9. The van der Waals surface area contributed by atoms with Crippen LogP contribution < -0.4 is 5.32 Å². The molecule has 0 fully saturated rings. The van der Waals surface area contributed by atoms with E-state index in [0.29, 0.717) is 15.7 Å². The molecule has 192 valence electrons. The molecular formula is C27H28N4O3S3. The van der Waals surface area contributed by atoms with Gasteiger partial charge in [-0.3, -0.25) is 4.79 Å². The van der Waals surface area contributed by atoms with E-state index in [1.54, 1.807) is 11.3 Å². The number of nitrogens with one attached hydrogen (secondary N) is 1. The van der Waals surface area contributed by atoms with Crippen LogP contribution in [0.1, 0.15) is 44.8 Å². The minimum absolute atomic E-state index is 0.144. The molecule has 1 aromatic carbocycles. The summed E-state index contributed by atoms with van der Waals surface area (Å²) in [6.07, 6.45) is 4.67. The van der Waals surface area contributed by atoms with E-state index < -0.39 is 5.97 Å². The average Bonchev–Trinajstić information content (AvgIpc) is 3.60. The fraction of sp³-hybridized carbons (Fsp3) is 0.333. The maximum Gasteiger partial charge on any atom is 0.341 e. The Hall–Kier alpha value is -2.95. The first-order valence-electron chi connectivity index (χ1n) is 12.1. The van der Waals surface area contributed by atoms with Crippen molar-refractivity contribution in [2.75, 3.05) is 18.2 Å². The molecule has 0 saturated heterocycles. The molecule has 0 unspecified atom stereocenters. The van der Waals surface area contributed by atoms with Crippen LogP contribution in [0.2, 0.25) is 0 Å². The molecule has 0 atom stereocenters. The number of carbonyl (C=O) groups excluding carboxylic acids is 2. The van der Waals surface area contributed by atoms with Crippen molar-refractivity contribution in [3.8, 4) is 22.5 Å². The van der Waals surface area contributed by atoms with Crippen molar-refractivity contribution in [1.29, 1.82) is 0 Å². The smallest absolute Gasteiger partial charge is 0.341 e. The molecule has 0 radical (unpaired) electrons. The van der Waals surface area contributed by atoms with E-state index in [-0.39, 0.29) is 11.7 Å². The molecule has 1 aliphatic rings. The highest BCUT2D eigenvalue weighted by Gasteiger charge is 2.24. The number of nitrogens with zero attached hydrogens (tertiary/aromatic N) is 3. The summed E-state index contributed by atoms with van der Waals surface area (Å²) in [5, 5.41) is 16.9. The Morgan fingerprint density at radius 3 is 2.68 bits per heavy atom. The number of hydrogen-bond donors (Lipinski definition) is 1. The Labute approximate surface area is 228 Å². The Bertz CT molecular complexity index is 1480.